The maximum atomic E-state index is 13.2. The van der Waals surface area contributed by atoms with Crippen LogP contribution in [0.2, 0.25) is 0 Å². The van der Waals surface area contributed by atoms with Crippen LogP contribution in [-0.2, 0) is 4.79 Å². The van der Waals surface area contributed by atoms with Gasteiger partial charge in [-0.1, -0.05) is 38.8 Å². The third-order valence-electron chi connectivity index (χ3n) is 5.51. The van der Waals surface area contributed by atoms with Gasteiger partial charge in [0.15, 0.2) is 5.75 Å². The Balaban J connectivity index is 2.14. The first-order valence-electron chi connectivity index (χ1n) is 10.7. The predicted octanol–water partition coefficient (Wildman–Crippen LogP) is 1.72. The maximum absolute atomic E-state index is 13.2. The van der Waals surface area contributed by atoms with Gasteiger partial charge in [0.05, 0.1) is 5.69 Å². The van der Waals surface area contributed by atoms with Gasteiger partial charge in [-0.15, -0.1) is 0 Å². The summed E-state index contributed by atoms with van der Waals surface area (Å²) in [5.41, 5.74) is -1.55. The first kappa shape index (κ1) is 23.8. The van der Waals surface area contributed by atoms with Gasteiger partial charge >= 0.3 is 5.97 Å². The highest BCUT2D eigenvalue weighted by molar-refractivity contribution is 6.05. The first-order chi connectivity index (χ1) is 15.6. The Bertz CT molecular complexity index is 1150. The molecule has 1 aliphatic rings. The Morgan fingerprint density at radius 3 is 2.36 bits per heavy atom. The molecule has 1 fully saturated rings. The molecule has 1 heterocycles. The van der Waals surface area contributed by atoms with Crippen molar-refractivity contribution < 1.29 is 29.7 Å². The summed E-state index contributed by atoms with van der Waals surface area (Å²) in [7, 11) is 0. The molecule has 10 heteroatoms. The van der Waals surface area contributed by atoms with E-state index in [4.69, 9.17) is 5.11 Å². The molecule has 0 aliphatic heterocycles. The molecule has 2 amide bonds. The number of nitrogens with one attached hydrogen (secondary N) is 2. The predicted molar refractivity (Wildman–Crippen MR) is 119 cm³/mol. The van der Waals surface area contributed by atoms with Gasteiger partial charge in [0.25, 0.3) is 17.4 Å². The quantitative estimate of drug-likeness (QED) is 0.383. The molecule has 1 saturated carbocycles. The summed E-state index contributed by atoms with van der Waals surface area (Å²) in [5, 5.41) is 35.0. The van der Waals surface area contributed by atoms with E-state index in [1.54, 1.807) is 12.1 Å². The topological polar surface area (TPSA) is 158 Å². The largest absolute Gasteiger partial charge is 0.506 e. The molecule has 3 rings (SSSR count). The highest BCUT2D eigenvalue weighted by Gasteiger charge is 2.31. The molecule has 0 saturated heterocycles. The number of pyridine rings is 1. The Hall–Kier alpha value is -3.82. The molecular weight excluding hydrogens is 430 g/mol. The van der Waals surface area contributed by atoms with Gasteiger partial charge < -0.3 is 26.0 Å². The van der Waals surface area contributed by atoms with Crippen molar-refractivity contribution in [1.29, 1.82) is 0 Å². The summed E-state index contributed by atoms with van der Waals surface area (Å²) in [6.45, 7) is 3.36. The minimum absolute atomic E-state index is 0.0865. The summed E-state index contributed by atoms with van der Waals surface area (Å²) >= 11 is 0. The van der Waals surface area contributed by atoms with E-state index in [0.29, 0.717) is 12.5 Å². The van der Waals surface area contributed by atoms with Crippen LogP contribution in [0.25, 0.3) is 5.69 Å². The highest BCUT2D eigenvalue weighted by Crippen LogP contribution is 2.33. The number of carbonyl (C=O) groups excluding carboxylic acids is 2. The molecular formula is C23H27N3O7. The summed E-state index contributed by atoms with van der Waals surface area (Å²) in [6.07, 6.45) is 2.89. The van der Waals surface area contributed by atoms with E-state index in [2.05, 4.69) is 5.32 Å². The number of carbonyl (C=O) groups is 3. The molecule has 0 atom stereocenters. The fourth-order valence-corrected chi connectivity index (χ4v) is 3.46. The third kappa shape index (κ3) is 5.33. The number of carboxylic acid groups (broad SMARTS) is 1. The number of hydrogen-bond donors (Lipinski definition) is 5. The second-order valence-electron chi connectivity index (χ2n) is 8.38. The number of hydrogen-bond acceptors (Lipinski definition) is 6. The number of aromatic hydroxyl groups is 2. The van der Waals surface area contributed by atoms with Gasteiger partial charge in [-0.3, -0.25) is 19.2 Å². The van der Waals surface area contributed by atoms with Crippen LogP contribution >= 0.6 is 0 Å². The van der Waals surface area contributed by atoms with Crippen molar-refractivity contribution in [2.24, 2.45) is 5.92 Å². The lowest BCUT2D eigenvalue weighted by atomic mass is 10.0. The van der Waals surface area contributed by atoms with Crippen LogP contribution < -0.4 is 16.2 Å². The number of aliphatic carboxylic acids is 1. The minimum Gasteiger partial charge on any atom is -0.506 e. The Morgan fingerprint density at radius 1 is 1.09 bits per heavy atom. The SMILES string of the molecule is CC(C)c1cccc(-n2c(O)c(C(=O)NCCC3CC3)c(O)c(C(=O)NCC(=O)O)c2=O)c1. The van der Waals surface area contributed by atoms with Gasteiger partial charge in [-0.25, -0.2) is 4.57 Å². The van der Waals surface area contributed by atoms with E-state index in [1.165, 1.54) is 6.07 Å². The van der Waals surface area contributed by atoms with Crippen molar-refractivity contribution in [2.75, 3.05) is 13.1 Å². The van der Waals surface area contributed by atoms with Gasteiger partial charge in [-0.2, -0.15) is 0 Å². The van der Waals surface area contributed by atoms with Crippen LogP contribution in [0.3, 0.4) is 0 Å². The van der Waals surface area contributed by atoms with Gasteiger partial charge in [-0.05, 0) is 36.0 Å². The second kappa shape index (κ2) is 9.76. The number of rotatable bonds is 9. The van der Waals surface area contributed by atoms with E-state index >= 15 is 0 Å². The zero-order chi connectivity index (χ0) is 24.3. The molecule has 1 aliphatic carbocycles. The van der Waals surface area contributed by atoms with Gasteiger partial charge in [0.2, 0.25) is 5.88 Å². The van der Waals surface area contributed by atoms with Crippen LogP contribution in [0, 0.1) is 5.92 Å². The third-order valence-corrected chi connectivity index (χ3v) is 5.51. The Morgan fingerprint density at radius 2 is 1.76 bits per heavy atom. The fraction of sp³-hybridized carbons (Fsp3) is 0.391. The molecule has 0 unspecified atom stereocenters. The molecule has 5 N–H and O–H groups in total. The Kier molecular flexibility index (Phi) is 7.05. The van der Waals surface area contributed by atoms with Crippen molar-refractivity contribution in [2.45, 2.75) is 39.0 Å². The van der Waals surface area contributed by atoms with E-state index in [0.717, 1.165) is 29.4 Å². The molecule has 1 aromatic carbocycles. The van der Waals surface area contributed by atoms with Crippen molar-refractivity contribution >= 4 is 17.8 Å². The van der Waals surface area contributed by atoms with Crippen molar-refractivity contribution in [3.05, 3.63) is 51.3 Å². The second-order valence-corrected chi connectivity index (χ2v) is 8.38. The fourth-order valence-electron chi connectivity index (χ4n) is 3.46. The summed E-state index contributed by atoms with van der Waals surface area (Å²) < 4.78 is 0.761. The van der Waals surface area contributed by atoms with Crippen molar-refractivity contribution in [3.63, 3.8) is 0 Å². The average Bonchev–Trinajstić information content (AvgIpc) is 3.56. The smallest absolute Gasteiger partial charge is 0.322 e. The normalized spacial score (nSPS) is 13.1. The number of carboxylic acids is 1. The van der Waals surface area contributed by atoms with E-state index < -0.39 is 52.6 Å². The van der Waals surface area contributed by atoms with Crippen molar-refractivity contribution in [3.8, 4) is 17.3 Å². The molecule has 0 spiro atoms. The minimum atomic E-state index is -1.36. The van der Waals surface area contributed by atoms with Crippen LogP contribution in [0.1, 0.15) is 65.3 Å². The summed E-state index contributed by atoms with van der Waals surface area (Å²) in [5.74, 6) is -4.62. The standard InChI is InChI=1S/C23H27N3O7/c1-12(2)14-4-3-5-15(10-14)26-22(32)17(20(30)24-9-8-13-6-7-13)19(29)18(23(26)33)21(31)25-11-16(27)28/h3-5,10,12-13,29,32H,6-9,11H2,1-2H3,(H,24,30)(H,25,31)(H,27,28). The monoisotopic (exact) mass is 457 g/mol. The van der Waals surface area contributed by atoms with Gasteiger partial charge in [0, 0.05) is 6.54 Å². The number of amides is 2. The maximum Gasteiger partial charge on any atom is 0.322 e. The lowest BCUT2D eigenvalue weighted by Gasteiger charge is -2.18. The van der Waals surface area contributed by atoms with Crippen LogP contribution in [-0.4, -0.2) is 50.8 Å². The summed E-state index contributed by atoms with van der Waals surface area (Å²) in [4.78, 5) is 49.4. The zero-order valence-electron chi connectivity index (χ0n) is 18.4. The van der Waals surface area contributed by atoms with Crippen LogP contribution in [0.4, 0.5) is 0 Å². The lowest BCUT2D eigenvalue weighted by Crippen LogP contribution is -2.37. The highest BCUT2D eigenvalue weighted by atomic mass is 16.4. The van der Waals surface area contributed by atoms with Crippen LogP contribution in [0.15, 0.2) is 29.1 Å². The lowest BCUT2D eigenvalue weighted by molar-refractivity contribution is -0.135. The van der Waals surface area contributed by atoms with Gasteiger partial charge in [0.1, 0.15) is 17.7 Å². The molecule has 0 bridgehead atoms. The Labute approximate surface area is 189 Å². The molecule has 0 radical (unpaired) electrons. The first-order valence-corrected chi connectivity index (χ1v) is 10.7. The van der Waals surface area contributed by atoms with Crippen molar-refractivity contribution in [1.82, 2.24) is 15.2 Å². The molecule has 1 aromatic heterocycles. The molecule has 2 aromatic rings. The number of nitrogens with zero attached hydrogens (tertiary/aromatic N) is 1. The van der Waals surface area contributed by atoms with E-state index in [1.807, 2.05) is 25.2 Å². The number of aromatic nitrogens is 1. The van der Waals surface area contributed by atoms with Crippen LogP contribution in [0.5, 0.6) is 11.6 Å². The zero-order valence-corrected chi connectivity index (χ0v) is 18.4. The number of benzene rings is 1. The summed E-state index contributed by atoms with van der Waals surface area (Å²) in [6, 6.07) is 6.61. The molecule has 33 heavy (non-hydrogen) atoms. The average molecular weight is 457 g/mol. The molecule has 176 valence electrons. The van der Waals surface area contributed by atoms with E-state index in [9.17, 15) is 29.4 Å². The van der Waals surface area contributed by atoms with E-state index in [-0.39, 0.29) is 11.6 Å². The molecule has 10 nitrogen and oxygen atoms in total.